The number of nitrogens with zero attached hydrogens (tertiary/aromatic N) is 3. The highest BCUT2D eigenvalue weighted by atomic mass is 35.5. The van der Waals surface area contributed by atoms with Gasteiger partial charge in [0.25, 0.3) is 0 Å². The topological polar surface area (TPSA) is 56.7 Å². The summed E-state index contributed by atoms with van der Waals surface area (Å²) in [6.07, 6.45) is 2.67. The van der Waals surface area contributed by atoms with Gasteiger partial charge in [-0.3, -0.25) is 4.57 Å². The van der Waals surface area contributed by atoms with E-state index in [0.29, 0.717) is 16.9 Å². The van der Waals surface area contributed by atoms with E-state index in [9.17, 15) is 0 Å². The summed E-state index contributed by atoms with van der Waals surface area (Å²) in [5.74, 6) is 1.11. The van der Waals surface area contributed by atoms with Crippen molar-refractivity contribution in [3.63, 3.8) is 0 Å². The molecule has 2 aromatic heterocycles. The van der Waals surface area contributed by atoms with Gasteiger partial charge < -0.3 is 5.73 Å². The van der Waals surface area contributed by atoms with E-state index in [1.54, 1.807) is 12.3 Å². The predicted octanol–water partition coefficient (Wildman–Crippen LogP) is 3.27. The molecule has 0 fully saturated rings. The third-order valence-electron chi connectivity index (χ3n) is 2.78. The second kappa shape index (κ2) is 4.53. The molecule has 0 saturated carbocycles. The predicted molar refractivity (Wildman–Crippen MR) is 71.1 cm³/mol. The molecule has 0 aliphatic carbocycles. The van der Waals surface area contributed by atoms with Crippen LogP contribution in [0, 0.1) is 5.92 Å². The summed E-state index contributed by atoms with van der Waals surface area (Å²) in [6.45, 7) is 6.51. The van der Waals surface area contributed by atoms with Crippen molar-refractivity contribution in [1.29, 1.82) is 0 Å². The first-order valence-corrected chi connectivity index (χ1v) is 6.15. The van der Waals surface area contributed by atoms with Crippen molar-refractivity contribution >= 4 is 28.7 Å². The van der Waals surface area contributed by atoms with Gasteiger partial charge in [0.05, 0.1) is 5.02 Å². The summed E-state index contributed by atoms with van der Waals surface area (Å²) in [7, 11) is 0. The van der Waals surface area contributed by atoms with Crippen molar-refractivity contribution in [2.45, 2.75) is 33.2 Å². The van der Waals surface area contributed by atoms with Crippen LogP contribution >= 0.6 is 11.6 Å². The number of anilines is 1. The number of nitrogen functional groups attached to an aromatic ring is 1. The molecule has 2 aromatic rings. The van der Waals surface area contributed by atoms with Crippen molar-refractivity contribution in [3.05, 3.63) is 17.3 Å². The molecular formula is C12H17ClN4. The first kappa shape index (κ1) is 12.2. The van der Waals surface area contributed by atoms with Gasteiger partial charge in [0.15, 0.2) is 5.65 Å². The fraction of sp³-hybridized carbons (Fsp3) is 0.500. The van der Waals surface area contributed by atoms with E-state index in [2.05, 4.69) is 30.7 Å². The minimum Gasteiger partial charge on any atom is -0.369 e. The first-order valence-electron chi connectivity index (χ1n) is 5.78. The lowest BCUT2D eigenvalue weighted by molar-refractivity contribution is 0.438. The van der Waals surface area contributed by atoms with E-state index in [0.717, 1.165) is 17.6 Å². The van der Waals surface area contributed by atoms with Crippen molar-refractivity contribution in [1.82, 2.24) is 14.5 Å². The van der Waals surface area contributed by atoms with Crippen LogP contribution in [0.4, 0.5) is 5.95 Å². The number of rotatable bonds is 3. The fourth-order valence-electron chi connectivity index (χ4n) is 2.20. The first-order chi connectivity index (χ1) is 7.99. The Hall–Kier alpha value is -1.29. The molecule has 0 bridgehead atoms. The van der Waals surface area contributed by atoms with Crippen LogP contribution in [-0.2, 0) is 0 Å². The van der Waals surface area contributed by atoms with Crippen LogP contribution in [0.25, 0.3) is 11.2 Å². The number of hydrogen-bond donors (Lipinski definition) is 1. The SMILES string of the molecule is CC(C)CC(C)n1c(N)nc2cc(Cl)cnc21. The van der Waals surface area contributed by atoms with Gasteiger partial charge in [-0.25, -0.2) is 9.97 Å². The van der Waals surface area contributed by atoms with Gasteiger partial charge in [0, 0.05) is 12.2 Å². The monoisotopic (exact) mass is 252 g/mol. The molecule has 0 spiro atoms. The number of aromatic nitrogens is 3. The Kier molecular flexibility index (Phi) is 3.24. The van der Waals surface area contributed by atoms with Crippen LogP contribution in [0.3, 0.4) is 0 Å². The molecule has 92 valence electrons. The normalized spacial score (nSPS) is 13.5. The number of imidazole rings is 1. The number of halogens is 1. The Balaban J connectivity index is 2.49. The molecule has 2 N–H and O–H groups in total. The third kappa shape index (κ3) is 2.36. The average Bonchev–Trinajstić information content (AvgIpc) is 2.51. The summed E-state index contributed by atoms with van der Waals surface area (Å²) < 4.78 is 1.98. The molecule has 0 aromatic carbocycles. The van der Waals surface area contributed by atoms with Gasteiger partial charge in [0.1, 0.15) is 5.52 Å². The summed E-state index contributed by atoms with van der Waals surface area (Å²) in [5.41, 5.74) is 7.51. The van der Waals surface area contributed by atoms with E-state index in [4.69, 9.17) is 17.3 Å². The summed E-state index contributed by atoms with van der Waals surface area (Å²) >= 11 is 5.89. The Labute approximate surface area is 106 Å². The van der Waals surface area contributed by atoms with Crippen LogP contribution < -0.4 is 5.73 Å². The molecule has 0 radical (unpaired) electrons. The third-order valence-corrected chi connectivity index (χ3v) is 2.98. The lowest BCUT2D eigenvalue weighted by Crippen LogP contribution is -2.11. The molecule has 5 heteroatoms. The van der Waals surface area contributed by atoms with Crippen molar-refractivity contribution < 1.29 is 0 Å². The van der Waals surface area contributed by atoms with Crippen LogP contribution in [0.15, 0.2) is 12.3 Å². The largest absolute Gasteiger partial charge is 0.369 e. The van der Waals surface area contributed by atoms with Gasteiger partial charge >= 0.3 is 0 Å². The molecule has 2 heterocycles. The number of pyridine rings is 1. The maximum atomic E-state index is 5.95. The van der Waals surface area contributed by atoms with Crippen molar-refractivity contribution in [3.8, 4) is 0 Å². The summed E-state index contributed by atoms with van der Waals surface area (Å²) in [6, 6.07) is 2.08. The zero-order valence-corrected chi connectivity index (χ0v) is 11.1. The molecule has 1 unspecified atom stereocenters. The lowest BCUT2D eigenvalue weighted by Gasteiger charge is -2.17. The Morgan fingerprint density at radius 2 is 2.12 bits per heavy atom. The zero-order valence-electron chi connectivity index (χ0n) is 10.3. The van der Waals surface area contributed by atoms with E-state index in [-0.39, 0.29) is 6.04 Å². The molecule has 1 atom stereocenters. The molecule has 0 saturated heterocycles. The molecule has 2 rings (SSSR count). The van der Waals surface area contributed by atoms with Gasteiger partial charge in [-0.2, -0.15) is 0 Å². The zero-order chi connectivity index (χ0) is 12.6. The molecule has 0 aliphatic rings. The Morgan fingerprint density at radius 3 is 2.76 bits per heavy atom. The minimum atomic E-state index is 0.286. The van der Waals surface area contributed by atoms with E-state index in [1.807, 2.05) is 4.57 Å². The van der Waals surface area contributed by atoms with E-state index >= 15 is 0 Å². The molecular weight excluding hydrogens is 236 g/mol. The molecule has 17 heavy (non-hydrogen) atoms. The highest BCUT2D eigenvalue weighted by Crippen LogP contribution is 2.26. The number of hydrogen-bond acceptors (Lipinski definition) is 3. The standard InChI is InChI=1S/C12H17ClN4/c1-7(2)4-8(3)17-11-10(16-12(17)14)5-9(13)6-15-11/h5-8H,4H2,1-3H3,(H2,14,16). The molecule has 0 amide bonds. The highest BCUT2D eigenvalue weighted by molar-refractivity contribution is 6.31. The maximum absolute atomic E-state index is 5.95. The number of fused-ring (bicyclic) bond motifs is 1. The van der Waals surface area contributed by atoms with Crippen LogP contribution in [0.1, 0.15) is 33.2 Å². The van der Waals surface area contributed by atoms with E-state index in [1.165, 1.54) is 0 Å². The smallest absolute Gasteiger partial charge is 0.202 e. The average molecular weight is 253 g/mol. The lowest BCUT2D eigenvalue weighted by atomic mass is 10.1. The van der Waals surface area contributed by atoms with Gasteiger partial charge in [-0.15, -0.1) is 0 Å². The van der Waals surface area contributed by atoms with E-state index < -0.39 is 0 Å². The van der Waals surface area contributed by atoms with Crippen molar-refractivity contribution in [2.24, 2.45) is 5.92 Å². The van der Waals surface area contributed by atoms with Gasteiger partial charge in [-0.05, 0) is 25.3 Å². The molecule has 0 aliphatic heterocycles. The summed E-state index contributed by atoms with van der Waals surface area (Å²) in [5, 5.41) is 0.582. The fourth-order valence-corrected chi connectivity index (χ4v) is 2.35. The van der Waals surface area contributed by atoms with Crippen molar-refractivity contribution in [2.75, 3.05) is 5.73 Å². The second-order valence-corrected chi connectivity index (χ2v) is 5.25. The quantitative estimate of drug-likeness (QED) is 0.912. The molecule has 4 nitrogen and oxygen atoms in total. The maximum Gasteiger partial charge on any atom is 0.202 e. The van der Waals surface area contributed by atoms with Crippen LogP contribution in [0.2, 0.25) is 5.02 Å². The van der Waals surface area contributed by atoms with Gasteiger partial charge in [-0.1, -0.05) is 25.4 Å². The number of nitrogens with two attached hydrogens (primary N) is 1. The minimum absolute atomic E-state index is 0.286. The Morgan fingerprint density at radius 1 is 1.41 bits per heavy atom. The Bertz CT molecular complexity index is 533. The second-order valence-electron chi connectivity index (χ2n) is 4.81. The van der Waals surface area contributed by atoms with Crippen LogP contribution in [0.5, 0.6) is 0 Å². The highest BCUT2D eigenvalue weighted by Gasteiger charge is 2.16. The van der Waals surface area contributed by atoms with Crippen LogP contribution in [-0.4, -0.2) is 14.5 Å². The summed E-state index contributed by atoms with van der Waals surface area (Å²) in [4.78, 5) is 8.61. The van der Waals surface area contributed by atoms with Gasteiger partial charge in [0.2, 0.25) is 5.95 Å².